The Morgan fingerprint density at radius 1 is 0.522 bits per heavy atom. The molecule has 0 bridgehead atoms. The molecule has 5 aromatic carbocycles. The molecular formula is C22H12F. The molecule has 5 aromatic rings. The van der Waals surface area contributed by atoms with Crippen LogP contribution in [0.25, 0.3) is 43.1 Å². The fourth-order valence-corrected chi connectivity index (χ4v) is 3.34. The lowest BCUT2D eigenvalue weighted by molar-refractivity contribution is 0.627. The molecule has 0 nitrogen and oxygen atoms in total. The monoisotopic (exact) mass is 295 g/mol. The van der Waals surface area contributed by atoms with Crippen molar-refractivity contribution in [2.24, 2.45) is 0 Å². The van der Waals surface area contributed by atoms with E-state index in [1.165, 1.54) is 33.0 Å². The van der Waals surface area contributed by atoms with Gasteiger partial charge in [-0.05, 0) is 85.6 Å². The molecule has 0 heterocycles. The zero-order valence-corrected chi connectivity index (χ0v) is 12.3. The predicted octanol–water partition coefficient (Wildman–Crippen LogP) is 6.24. The van der Waals surface area contributed by atoms with Crippen LogP contribution in [0.5, 0.6) is 0 Å². The second-order valence-corrected chi connectivity index (χ2v) is 5.99. The summed E-state index contributed by atoms with van der Waals surface area (Å²) in [5, 5.41) is 9.01. The molecule has 0 aliphatic carbocycles. The lowest BCUT2D eigenvalue weighted by Gasteiger charge is -2.07. The molecule has 0 unspecified atom stereocenters. The summed E-state index contributed by atoms with van der Waals surface area (Å²) in [6.45, 7) is 0. The summed E-state index contributed by atoms with van der Waals surface area (Å²) in [7, 11) is 0. The van der Waals surface area contributed by atoms with Crippen molar-refractivity contribution >= 4 is 43.1 Å². The van der Waals surface area contributed by atoms with E-state index < -0.39 is 0 Å². The first-order valence-corrected chi connectivity index (χ1v) is 7.64. The molecule has 0 amide bonds. The molecule has 23 heavy (non-hydrogen) atoms. The van der Waals surface area contributed by atoms with Gasteiger partial charge in [0.05, 0.1) is 0 Å². The second-order valence-electron chi connectivity index (χ2n) is 5.99. The number of hydrogen-bond acceptors (Lipinski definition) is 0. The highest BCUT2D eigenvalue weighted by atomic mass is 19.1. The number of benzene rings is 5. The fraction of sp³-hybridized carbons (Fsp3) is 0. The van der Waals surface area contributed by atoms with Crippen molar-refractivity contribution in [3.63, 3.8) is 0 Å². The first kappa shape index (κ1) is 12.6. The van der Waals surface area contributed by atoms with E-state index in [0.29, 0.717) is 0 Å². The van der Waals surface area contributed by atoms with E-state index in [1.807, 2.05) is 12.1 Å². The molecule has 0 N–H and O–H groups in total. The van der Waals surface area contributed by atoms with E-state index in [4.69, 9.17) is 0 Å². The highest BCUT2D eigenvalue weighted by Crippen LogP contribution is 2.30. The van der Waals surface area contributed by atoms with Crippen molar-refractivity contribution in [1.82, 2.24) is 0 Å². The Kier molecular flexibility index (Phi) is 2.48. The smallest absolute Gasteiger partial charge is 0.131 e. The normalized spacial score (nSPS) is 11.7. The van der Waals surface area contributed by atoms with Crippen LogP contribution in [0, 0.1) is 11.9 Å². The zero-order valence-electron chi connectivity index (χ0n) is 12.3. The average molecular weight is 295 g/mol. The third-order valence-electron chi connectivity index (χ3n) is 4.49. The molecule has 0 fully saturated rings. The van der Waals surface area contributed by atoms with Crippen LogP contribution in [0.15, 0.2) is 72.8 Å². The Hall–Kier alpha value is -2.93. The molecule has 0 atom stereocenters. The quantitative estimate of drug-likeness (QED) is 0.297. The van der Waals surface area contributed by atoms with Gasteiger partial charge in [-0.15, -0.1) is 0 Å². The molecular weight excluding hydrogens is 283 g/mol. The minimum Gasteiger partial charge on any atom is -0.206 e. The van der Waals surface area contributed by atoms with E-state index in [2.05, 4.69) is 60.7 Å². The molecule has 5 rings (SSSR count). The summed E-state index contributed by atoms with van der Waals surface area (Å²) in [5.41, 5.74) is 0. The molecule has 1 radical (unpaired) electrons. The largest absolute Gasteiger partial charge is 0.206 e. The average Bonchev–Trinajstić information content (AvgIpc) is 2.56. The Morgan fingerprint density at radius 3 is 1.70 bits per heavy atom. The minimum atomic E-state index is -0.316. The molecule has 0 aromatic heterocycles. The minimum absolute atomic E-state index is 0.316. The molecule has 0 aliphatic rings. The van der Waals surface area contributed by atoms with Crippen molar-refractivity contribution in [3.8, 4) is 0 Å². The van der Waals surface area contributed by atoms with Gasteiger partial charge in [0, 0.05) is 6.07 Å². The van der Waals surface area contributed by atoms with E-state index in [0.717, 1.165) is 16.2 Å². The number of rotatable bonds is 0. The zero-order chi connectivity index (χ0) is 15.4. The van der Waals surface area contributed by atoms with Crippen LogP contribution in [0.1, 0.15) is 0 Å². The Bertz CT molecular complexity index is 1220. The van der Waals surface area contributed by atoms with Gasteiger partial charge in [-0.2, -0.15) is 0 Å². The van der Waals surface area contributed by atoms with Gasteiger partial charge in [-0.3, -0.25) is 0 Å². The van der Waals surface area contributed by atoms with Crippen LogP contribution in [0.2, 0.25) is 0 Å². The summed E-state index contributed by atoms with van der Waals surface area (Å²) < 4.78 is 13.4. The Balaban J connectivity index is 1.90. The van der Waals surface area contributed by atoms with Crippen LogP contribution in [-0.4, -0.2) is 0 Å². The maximum absolute atomic E-state index is 13.4. The third kappa shape index (κ3) is 1.97. The summed E-state index contributed by atoms with van der Waals surface area (Å²) in [4.78, 5) is 0. The van der Waals surface area contributed by atoms with E-state index in [-0.39, 0.29) is 5.82 Å². The van der Waals surface area contributed by atoms with Crippen LogP contribution < -0.4 is 0 Å². The van der Waals surface area contributed by atoms with Crippen molar-refractivity contribution in [1.29, 1.82) is 0 Å². The highest BCUT2D eigenvalue weighted by Gasteiger charge is 2.04. The molecule has 0 saturated heterocycles. The van der Waals surface area contributed by atoms with Crippen molar-refractivity contribution in [2.45, 2.75) is 0 Å². The van der Waals surface area contributed by atoms with E-state index in [9.17, 15) is 4.39 Å². The lowest BCUT2D eigenvalue weighted by atomic mass is 9.97. The van der Waals surface area contributed by atoms with E-state index >= 15 is 0 Å². The lowest BCUT2D eigenvalue weighted by Crippen LogP contribution is -1.81. The van der Waals surface area contributed by atoms with E-state index in [1.54, 1.807) is 0 Å². The van der Waals surface area contributed by atoms with Crippen LogP contribution in [0.3, 0.4) is 0 Å². The van der Waals surface area contributed by atoms with Crippen molar-refractivity contribution < 1.29 is 4.39 Å². The highest BCUT2D eigenvalue weighted by molar-refractivity contribution is 6.07. The maximum atomic E-state index is 13.4. The van der Waals surface area contributed by atoms with Crippen LogP contribution in [0.4, 0.5) is 4.39 Å². The first-order chi connectivity index (χ1) is 11.3. The van der Waals surface area contributed by atoms with Gasteiger partial charge in [0.2, 0.25) is 0 Å². The summed E-state index contributed by atoms with van der Waals surface area (Å²) in [6, 6.07) is 27.4. The number of hydrogen-bond donors (Lipinski definition) is 0. The fourth-order valence-electron chi connectivity index (χ4n) is 3.34. The van der Waals surface area contributed by atoms with Gasteiger partial charge in [-0.25, -0.2) is 4.39 Å². The van der Waals surface area contributed by atoms with Crippen molar-refractivity contribution in [2.75, 3.05) is 0 Å². The molecule has 0 saturated carbocycles. The van der Waals surface area contributed by atoms with Gasteiger partial charge in [0.25, 0.3) is 0 Å². The first-order valence-electron chi connectivity index (χ1n) is 7.64. The summed E-state index contributed by atoms with van der Waals surface area (Å²) in [6.07, 6.45) is 0. The van der Waals surface area contributed by atoms with Gasteiger partial charge in [0.15, 0.2) is 0 Å². The summed E-state index contributed by atoms with van der Waals surface area (Å²) >= 11 is 0. The number of halogens is 1. The molecule has 107 valence electrons. The van der Waals surface area contributed by atoms with Gasteiger partial charge in [-0.1, -0.05) is 30.3 Å². The van der Waals surface area contributed by atoms with Gasteiger partial charge in [0.1, 0.15) is 5.82 Å². The van der Waals surface area contributed by atoms with Crippen LogP contribution >= 0.6 is 0 Å². The van der Waals surface area contributed by atoms with Crippen LogP contribution in [-0.2, 0) is 0 Å². The maximum Gasteiger partial charge on any atom is 0.131 e. The Labute approximate surface area is 132 Å². The molecule has 1 heteroatoms. The summed E-state index contributed by atoms with van der Waals surface area (Å²) in [5.74, 6) is -0.316. The SMILES string of the molecule is Fc1[c]c2cc3cc4cc5ccccc5cc4cc3cc2cc1. The third-order valence-corrected chi connectivity index (χ3v) is 4.49. The van der Waals surface area contributed by atoms with Gasteiger partial charge < -0.3 is 0 Å². The predicted molar refractivity (Wildman–Crippen MR) is 95.3 cm³/mol. The Morgan fingerprint density at radius 2 is 1.04 bits per heavy atom. The standard InChI is InChI=1S/C22H12F/c23-22-6-5-16-9-19-10-17-7-14-3-1-2-4-15(14)8-18(17)11-20(19)12-21(16)13-22/h1-12H. The number of fused-ring (bicyclic) bond motifs is 4. The second kappa shape index (κ2) is 4.53. The topological polar surface area (TPSA) is 0 Å². The van der Waals surface area contributed by atoms with Gasteiger partial charge >= 0.3 is 0 Å². The molecule has 0 aliphatic heterocycles. The van der Waals surface area contributed by atoms with Crippen molar-refractivity contribution in [3.05, 3.63) is 84.7 Å². The molecule has 0 spiro atoms.